The lowest BCUT2D eigenvalue weighted by Crippen LogP contribution is -2.26. The van der Waals surface area contributed by atoms with Crippen molar-refractivity contribution in [1.29, 1.82) is 0 Å². The van der Waals surface area contributed by atoms with Crippen LogP contribution < -0.4 is 5.32 Å². The van der Waals surface area contributed by atoms with Crippen molar-refractivity contribution >= 4 is 21.9 Å². The molecular formula is C25H30N4. The fraction of sp³-hybridized carbons (Fsp3) is 0.400. The molecule has 4 nitrogen and oxygen atoms in total. The maximum atomic E-state index is 4.58. The quantitative estimate of drug-likeness (QED) is 0.411. The van der Waals surface area contributed by atoms with Gasteiger partial charge in [-0.15, -0.1) is 0 Å². The Kier molecular flexibility index (Phi) is 4.67. The molecule has 1 aromatic carbocycles. The predicted molar refractivity (Wildman–Crippen MR) is 122 cm³/mol. The highest BCUT2D eigenvalue weighted by Gasteiger charge is 2.20. The van der Waals surface area contributed by atoms with Crippen molar-refractivity contribution in [2.24, 2.45) is 0 Å². The highest BCUT2D eigenvalue weighted by Crippen LogP contribution is 2.38. The topological polar surface area (TPSA) is 56.5 Å². The standard InChI is InChI=1S/C25H30N4/c1-4-18-20-13-17(16-7-10-26-11-8-16)5-6-22(20)29-24(18)19-9-12-27-25-23(19)21(14-28-25)15(2)3/h5-6,9,12-16,26,29H,4,7-8,10-11H2,1-3H3,(H,27,28). The number of nitrogens with one attached hydrogen (secondary N) is 3. The number of aromatic amines is 2. The van der Waals surface area contributed by atoms with Crippen LogP contribution >= 0.6 is 0 Å². The SMILES string of the molecule is CCc1c(-c2ccnc3[nH]cc(C(C)C)c23)[nH]c2ccc(C3CCNCC3)cc12. The number of aryl methyl sites for hydroxylation is 1. The molecule has 0 atom stereocenters. The summed E-state index contributed by atoms with van der Waals surface area (Å²) in [5.41, 5.74) is 8.96. The van der Waals surface area contributed by atoms with Gasteiger partial charge in [-0.3, -0.25) is 0 Å². The molecule has 1 fully saturated rings. The van der Waals surface area contributed by atoms with E-state index in [1.165, 1.54) is 57.1 Å². The lowest BCUT2D eigenvalue weighted by molar-refractivity contribution is 0.460. The molecule has 0 spiro atoms. The smallest absolute Gasteiger partial charge is 0.138 e. The maximum absolute atomic E-state index is 4.58. The van der Waals surface area contributed by atoms with Crippen LogP contribution in [0.4, 0.5) is 0 Å². The van der Waals surface area contributed by atoms with Crippen LogP contribution in [0.1, 0.15) is 62.1 Å². The molecule has 4 heteroatoms. The minimum Gasteiger partial charge on any atom is -0.354 e. The number of H-pyrrole nitrogens is 2. The first-order valence-electron chi connectivity index (χ1n) is 11.0. The number of nitrogens with zero attached hydrogens (tertiary/aromatic N) is 1. The van der Waals surface area contributed by atoms with Gasteiger partial charge in [0.1, 0.15) is 5.65 Å². The second kappa shape index (κ2) is 7.34. The van der Waals surface area contributed by atoms with Crippen molar-refractivity contribution in [1.82, 2.24) is 20.3 Å². The van der Waals surface area contributed by atoms with E-state index in [-0.39, 0.29) is 0 Å². The normalized spacial score (nSPS) is 15.7. The third kappa shape index (κ3) is 3.06. The van der Waals surface area contributed by atoms with E-state index in [1.807, 2.05) is 6.20 Å². The zero-order valence-corrected chi connectivity index (χ0v) is 17.6. The van der Waals surface area contributed by atoms with Gasteiger partial charge in [0.15, 0.2) is 0 Å². The lowest BCUT2D eigenvalue weighted by Gasteiger charge is -2.23. The van der Waals surface area contributed by atoms with Gasteiger partial charge >= 0.3 is 0 Å². The van der Waals surface area contributed by atoms with Gasteiger partial charge in [0, 0.05) is 34.2 Å². The van der Waals surface area contributed by atoms with Gasteiger partial charge in [-0.25, -0.2) is 4.98 Å². The van der Waals surface area contributed by atoms with E-state index in [2.05, 4.69) is 71.5 Å². The summed E-state index contributed by atoms with van der Waals surface area (Å²) >= 11 is 0. The number of benzene rings is 1. The molecule has 5 rings (SSSR count). The van der Waals surface area contributed by atoms with Crippen molar-refractivity contribution in [3.05, 3.63) is 53.3 Å². The Hall–Kier alpha value is -2.59. The van der Waals surface area contributed by atoms with E-state index in [0.29, 0.717) is 11.8 Å². The molecule has 150 valence electrons. The molecule has 0 aliphatic carbocycles. The Morgan fingerprint density at radius 1 is 1.14 bits per heavy atom. The number of hydrogen-bond donors (Lipinski definition) is 3. The Morgan fingerprint density at radius 3 is 2.72 bits per heavy atom. The first kappa shape index (κ1) is 18.4. The summed E-state index contributed by atoms with van der Waals surface area (Å²) in [6.07, 6.45) is 7.52. The second-order valence-corrected chi connectivity index (χ2v) is 8.64. The molecule has 4 heterocycles. The first-order chi connectivity index (χ1) is 14.2. The predicted octanol–water partition coefficient (Wildman–Crippen LogP) is 5.86. The summed E-state index contributed by atoms with van der Waals surface area (Å²) in [4.78, 5) is 11.7. The largest absolute Gasteiger partial charge is 0.354 e. The summed E-state index contributed by atoms with van der Waals surface area (Å²) in [5.74, 6) is 1.13. The van der Waals surface area contributed by atoms with Crippen LogP contribution in [-0.2, 0) is 6.42 Å². The third-order valence-electron chi connectivity index (χ3n) is 6.59. The van der Waals surface area contributed by atoms with Crippen LogP contribution in [0.25, 0.3) is 33.2 Å². The first-order valence-corrected chi connectivity index (χ1v) is 11.0. The average molecular weight is 387 g/mol. The van der Waals surface area contributed by atoms with E-state index in [1.54, 1.807) is 0 Å². The maximum Gasteiger partial charge on any atom is 0.138 e. The van der Waals surface area contributed by atoms with E-state index >= 15 is 0 Å². The van der Waals surface area contributed by atoms with E-state index in [4.69, 9.17) is 0 Å². The van der Waals surface area contributed by atoms with Gasteiger partial charge in [-0.05, 0) is 79.1 Å². The number of rotatable bonds is 4. The summed E-state index contributed by atoms with van der Waals surface area (Å²) in [7, 11) is 0. The molecule has 0 saturated carbocycles. The highest BCUT2D eigenvalue weighted by atomic mass is 14.9. The van der Waals surface area contributed by atoms with Crippen molar-refractivity contribution < 1.29 is 0 Å². The Balaban J connectivity index is 1.70. The fourth-order valence-corrected chi connectivity index (χ4v) is 5.02. The molecule has 1 aliphatic heterocycles. The van der Waals surface area contributed by atoms with E-state index < -0.39 is 0 Å². The number of fused-ring (bicyclic) bond motifs is 2. The minimum absolute atomic E-state index is 0.452. The van der Waals surface area contributed by atoms with Gasteiger partial charge < -0.3 is 15.3 Å². The van der Waals surface area contributed by atoms with Crippen molar-refractivity contribution in [3.8, 4) is 11.3 Å². The van der Waals surface area contributed by atoms with Crippen LogP contribution in [0.3, 0.4) is 0 Å². The van der Waals surface area contributed by atoms with Gasteiger partial charge in [0.2, 0.25) is 0 Å². The summed E-state index contributed by atoms with van der Waals surface area (Å²) in [6.45, 7) is 9.01. The Morgan fingerprint density at radius 2 is 1.97 bits per heavy atom. The monoisotopic (exact) mass is 386 g/mol. The number of piperidine rings is 1. The van der Waals surface area contributed by atoms with Crippen LogP contribution in [0, 0.1) is 0 Å². The number of pyridine rings is 1. The molecule has 3 aromatic heterocycles. The minimum atomic E-state index is 0.452. The third-order valence-corrected chi connectivity index (χ3v) is 6.59. The lowest BCUT2D eigenvalue weighted by atomic mass is 9.89. The van der Waals surface area contributed by atoms with Crippen molar-refractivity contribution in [2.45, 2.75) is 51.9 Å². The molecule has 3 N–H and O–H groups in total. The summed E-state index contributed by atoms with van der Waals surface area (Å²) < 4.78 is 0. The highest BCUT2D eigenvalue weighted by molar-refractivity contribution is 6.00. The average Bonchev–Trinajstić information content (AvgIpc) is 3.35. The summed E-state index contributed by atoms with van der Waals surface area (Å²) in [5, 5.41) is 6.12. The number of aromatic nitrogens is 3. The molecule has 4 aromatic rings. The van der Waals surface area contributed by atoms with Gasteiger partial charge in [-0.1, -0.05) is 26.8 Å². The van der Waals surface area contributed by atoms with E-state index in [0.717, 1.165) is 25.2 Å². The van der Waals surface area contributed by atoms with Gasteiger partial charge in [0.25, 0.3) is 0 Å². The Bertz CT molecular complexity index is 1160. The fourth-order valence-electron chi connectivity index (χ4n) is 5.02. The molecule has 0 radical (unpaired) electrons. The molecule has 0 bridgehead atoms. The molecule has 0 amide bonds. The van der Waals surface area contributed by atoms with Crippen molar-refractivity contribution in [2.75, 3.05) is 13.1 Å². The number of hydrogen-bond acceptors (Lipinski definition) is 2. The zero-order chi connectivity index (χ0) is 20.0. The van der Waals surface area contributed by atoms with Crippen molar-refractivity contribution in [3.63, 3.8) is 0 Å². The molecule has 0 unspecified atom stereocenters. The van der Waals surface area contributed by atoms with Crippen LogP contribution in [0.2, 0.25) is 0 Å². The molecule has 1 aliphatic rings. The van der Waals surface area contributed by atoms with Gasteiger partial charge in [-0.2, -0.15) is 0 Å². The molecule has 29 heavy (non-hydrogen) atoms. The zero-order valence-electron chi connectivity index (χ0n) is 17.6. The van der Waals surface area contributed by atoms with Crippen LogP contribution in [0.15, 0.2) is 36.7 Å². The molecule has 1 saturated heterocycles. The van der Waals surface area contributed by atoms with Gasteiger partial charge in [0.05, 0.1) is 5.69 Å². The second-order valence-electron chi connectivity index (χ2n) is 8.64. The van der Waals surface area contributed by atoms with E-state index in [9.17, 15) is 0 Å². The summed E-state index contributed by atoms with van der Waals surface area (Å²) in [6, 6.07) is 9.23. The van der Waals surface area contributed by atoms with Crippen LogP contribution in [-0.4, -0.2) is 28.0 Å². The molecular weight excluding hydrogens is 356 g/mol. The Labute approximate surface area is 172 Å². The van der Waals surface area contributed by atoms with Crippen LogP contribution in [0.5, 0.6) is 0 Å².